The molecule has 0 bridgehead atoms. The number of rotatable bonds is 3. The van der Waals surface area contributed by atoms with E-state index in [0.717, 1.165) is 11.4 Å². The molecule has 0 saturated carbocycles. The molecule has 0 aromatic heterocycles. The quantitative estimate of drug-likeness (QED) is 0.614. The van der Waals surface area contributed by atoms with Crippen molar-refractivity contribution >= 4 is 32.8 Å². The standard InChI is InChI=1S/C18H14BrS.C2H4O2/c19-15-11-13-18(14-12-15)20(16-7-3-1-4-8-16)17-9-5-2-6-10-17;1-2(3)4/h1-14H;1H3,(H,3,4)/q+1;/p-1. The Morgan fingerprint density at radius 1 is 0.750 bits per heavy atom. The van der Waals surface area contributed by atoms with Crippen LogP contribution in [0.1, 0.15) is 6.92 Å². The third kappa shape index (κ3) is 5.55. The van der Waals surface area contributed by atoms with Gasteiger partial charge in [0.25, 0.3) is 0 Å². The third-order valence-electron chi connectivity index (χ3n) is 3.01. The zero-order valence-corrected chi connectivity index (χ0v) is 15.6. The van der Waals surface area contributed by atoms with E-state index in [9.17, 15) is 0 Å². The number of hydrogen-bond acceptors (Lipinski definition) is 2. The Bertz CT molecular complexity index is 715. The van der Waals surface area contributed by atoms with Crippen molar-refractivity contribution in [2.45, 2.75) is 21.6 Å². The summed E-state index contributed by atoms with van der Waals surface area (Å²) in [5, 5.41) is 8.89. The second-order valence-corrected chi connectivity index (χ2v) is 7.82. The molecular formula is C20H17BrO2S. The van der Waals surface area contributed by atoms with Crippen molar-refractivity contribution in [3.05, 3.63) is 89.4 Å². The second-order valence-electron chi connectivity index (χ2n) is 4.88. The van der Waals surface area contributed by atoms with Crippen molar-refractivity contribution < 1.29 is 9.90 Å². The highest BCUT2D eigenvalue weighted by Gasteiger charge is 2.27. The van der Waals surface area contributed by atoms with Gasteiger partial charge in [0.1, 0.15) is 0 Å². The van der Waals surface area contributed by atoms with E-state index < -0.39 is 5.97 Å². The minimum Gasteiger partial charge on any atom is -0.550 e. The molecule has 0 atom stereocenters. The van der Waals surface area contributed by atoms with Crippen molar-refractivity contribution in [2.75, 3.05) is 0 Å². The number of halogens is 1. The van der Waals surface area contributed by atoms with Crippen LogP contribution in [-0.2, 0) is 15.7 Å². The Hall–Kier alpha value is -2.04. The fourth-order valence-corrected chi connectivity index (χ4v) is 4.44. The van der Waals surface area contributed by atoms with Crippen molar-refractivity contribution in [1.29, 1.82) is 0 Å². The third-order valence-corrected chi connectivity index (χ3v) is 5.77. The van der Waals surface area contributed by atoms with Crippen molar-refractivity contribution in [3.63, 3.8) is 0 Å². The Balaban J connectivity index is 0.000000471. The average molecular weight is 401 g/mol. The van der Waals surface area contributed by atoms with Crippen LogP contribution in [0, 0.1) is 0 Å². The van der Waals surface area contributed by atoms with Crippen LogP contribution in [0.25, 0.3) is 0 Å². The van der Waals surface area contributed by atoms with Gasteiger partial charge >= 0.3 is 0 Å². The topological polar surface area (TPSA) is 40.1 Å². The molecule has 0 spiro atoms. The number of benzene rings is 3. The first-order valence-corrected chi connectivity index (χ1v) is 9.37. The van der Waals surface area contributed by atoms with Crippen LogP contribution in [0.4, 0.5) is 0 Å². The first kappa shape index (κ1) is 18.3. The van der Waals surface area contributed by atoms with Gasteiger partial charge in [-0.25, -0.2) is 0 Å². The van der Waals surface area contributed by atoms with Crippen LogP contribution >= 0.6 is 15.9 Å². The Labute approximate surface area is 153 Å². The molecule has 3 rings (SSSR count). The predicted molar refractivity (Wildman–Crippen MR) is 99.9 cm³/mol. The average Bonchev–Trinajstić information content (AvgIpc) is 2.58. The summed E-state index contributed by atoms with van der Waals surface area (Å²) < 4.78 is 1.12. The normalized spacial score (nSPS) is 9.96. The summed E-state index contributed by atoms with van der Waals surface area (Å²) in [5.41, 5.74) is 0. The summed E-state index contributed by atoms with van der Waals surface area (Å²) >= 11 is 3.51. The van der Waals surface area contributed by atoms with Gasteiger partial charge in [-0.05, 0) is 55.5 Å². The van der Waals surface area contributed by atoms with Crippen LogP contribution in [0.2, 0.25) is 0 Å². The van der Waals surface area contributed by atoms with Gasteiger partial charge in [0.2, 0.25) is 0 Å². The summed E-state index contributed by atoms with van der Waals surface area (Å²) in [5.74, 6) is -1.08. The Kier molecular flexibility index (Phi) is 7.09. The first-order chi connectivity index (χ1) is 11.6. The molecule has 24 heavy (non-hydrogen) atoms. The van der Waals surface area contributed by atoms with E-state index in [1.165, 1.54) is 14.7 Å². The molecule has 0 aliphatic rings. The van der Waals surface area contributed by atoms with Gasteiger partial charge in [0, 0.05) is 10.4 Å². The number of aliphatic carboxylic acids is 1. The van der Waals surface area contributed by atoms with Gasteiger partial charge in [-0.15, -0.1) is 0 Å². The molecule has 0 fully saturated rings. The molecule has 3 aromatic rings. The second kappa shape index (κ2) is 9.30. The van der Waals surface area contributed by atoms with Crippen LogP contribution in [0.3, 0.4) is 0 Å². The van der Waals surface area contributed by atoms with Crippen molar-refractivity contribution in [2.24, 2.45) is 0 Å². The van der Waals surface area contributed by atoms with Gasteiger partial charge in [-0.2, -0.15) is 0 Å². The molecular weight excluding hydrogens is 384 g/mol. The molecule has 0 N–H and O–H groups in total. The SMILES string of the molecule is Brc1ccc([S+](c2ccccc2)c2ccccc2)cc1.CC(=O)[O-]. The largest absolute Gasteiger partial charge is 0.550 e. The van der Waals surface area contributed by atoms with Crippen LogP contribution in [-0.4, -0.2) is 5.97 Å². The van der Waals surface area contributed by atoms with Gasteiger partial charge < -0.3 is 9.90 Å². The lowest BCUT2D eigenvalue weighted by molar-refractivity contribution is -0.302. The summed E-state index contributed by atoms with van der Waals surface area (Å²) in [4.78, 5) is 12.9. The maximum atomic E-state index is 8.89. The highest BCUT2D eigenvalue weighted by molar-refractivity contribution is 9.10. The van der Waals surface area contributed by atoms with Crippen LogP contribution in [0.5, 0.6) is 0 Å². The molecule has 3 aromatic carbocycles. The highest BCUT2D eigenvalue weighted by atomic mass is 79.9. The first-order valence-electron chi connectivity index (χ1n) is 7.35. The summed E-state index contributed by atoms with van der Waals surface area (Å²) in [6.45, 7) is 0.972. The van der Waals surface area contributed by atoms with E-state index in [2.05, 4.69) is 101 Å². The fourth-order valence-electron chi connectivity index (χ4n) is 2.09. The molecule has 0 unspecified atom stereocenters. The smallest absolute Gasteiger partial charge is 0.166 e. The fraction of sp³-hybridized carbons (Fsp3) is 0.0500. The monoisotopic (exact) mass is 400 g/mol. The highest BCUT2D eigenvalue weighted by Crippen LogP contribution is 2.31. The van der Waals surface area contributed by atoms with Crippen LogP contribution < -0.4 is 5.11 Å². The molecule has 0 heterocycles. The van der Waals surface area contributed by atoms with E-state index in [1.54, 1.807) is 0 Å². The molecule has 0 aliphatic carbocycles. The number of carbonyl (C=O) groups is 1. The van der Waals surface area contributed by atoms with E-state index in [-0.39, 0.29) is 10.9 Å². The van der Waals surface area contributed by atoms with Gasteiger partial charge in [0.15, 0.2) is 14.7 Å². The molecule has 4 heteroatoms. The number of carbonyl (C=O) groups excluding carboxylic acids is 1. The van der Waals surface area contributed by atoms with Gasteiger partial charge in [-0.3, -0.25) is 0 Å². The number of hydrogen-bond donors (Lipinski definition) is 0. The zero-order valence-electron chi connectivity index (χ0n) is 13.2. The Morgan fingerprint density at radius 3 is 1.46 bits per heavy atom. The maximum absolute atomic E-state index is 8.89. The van der Waals surface area contributed by atoms with E-state index in [0.29, 0.717) is 0 Å². The van der Waals surface area contributed by atoms with Crippen molar-refractivity contribution in [3.8, 4) is 0 Å². The van der Waals surface area contributed by atoms with Gasteiger partial charge in [-0.1, -0.05) is 52.3 Å². The molecule has 0 radical (unpaired) electrons. The van der Waals surface area contributed by atoms with E-state index in [4.69, 9.17) is 9.90 Å². The van der Waals surface area contributed by atoms with Gasteiger partial charge in [0.05, 0.1) is 10.9 Å². The number of carboxylic acid groups (broad SMARTS) is 1. The lowest BCUT2D eigenvalue weighted by Gasteiger charge is -2.07. The predicted octanol–water partition coefficient (Wildman–Crippen LogP) is 4.30. The van der Waals surface area contributed by atoms with Crippen LogP contribution in [0.15, 0.2) is 104 Å². The summed E-state index contributed by atoms with van der Waals surface area (Å²) in [6.07, 6.45) is 0. The lowest BCUT2D eigenvalue weighted by Crippen LogP contribution is -2.16. The number of carboxylic acids is 1. The maximum Gasteiger partial charge on any atom is 0.166 e. The molecule has 0 amide bonds. The molecule has 0 saturated heterocycles. The van der Waals surface area contributed by atoms with Crippen molar-refractivity contribution in [1.82, 2.24) is 0 Å². The molecule has 122 valence electrons. The zero-order chi connectivity index (χ0) is 17.4. The summed E-state index contributed by atoms with van der Waals surface area (Å²) in [6, 6.07) is 30.0. The molecule has 2 nitrogen and oxygen atoms in total. The Morgan fingerprint density at radius 2 is 1.08 bits per heavy atom. The van der Waals surface area contributed by atoms with E-state index in [1.807, 2.05) is 0 Å². The van der Waals surface area contributed by atoms with E-state index >= 15 is 0 Å². The molecule has 0 aliphatic heterocycles. The minimum absolute atomic E-state index is 0.0437. The minimum atomic E-state index is -1.08. The summed E-state index contributed by atoms with van der Waals surface area (Å²) in [7, 11) is -0.0437. The lowest BCUT2D eigenvalue weighted by atomic mass is 10.4.